The summed E-state index contributed by atoms with van der Waals surface area (Å²) in [6.45, 7) is 6.12. The normalized spacial score (nSPS) is 10.5. The standard InChI is InChI=1S/C10H20NO4.ClH/c1-9(2)10(13)15-14-7-5-6-11(3,4)8-12;/h12H,1,5-8H2,2-4H3;1H/q+1;/p-1. The summed E-state index contributed by atoms with van der Waals surface area (Å²) in [7, 11) is 3.81. The Bertz CT molecular complexity index is 231. The SMILES string of the molecule is C=C(C)C(=O)OOCCC[N+](C)(C)CO.[Cl-]. The van der Waals surface area contributed by atoms with Crippen molar-refractivity contribution < 1.29 is 36.6 Å². The summed E-state index contributed by atoms with van der Waals surface area (Å²) in [6, 6.07) is 0. The summed E-state index contributed by atoms with van der Waals surface area (Å²) < 4.78 is 0.498. The third-order valence-corrected chi connectivity index (χ3v) is 1.86. The second kappa shape index (κ2) is 8.52. The summed E-state index contributed by atoms with van der Waals surface area (Å²) in [5.41, 5.74) is 0.307. The minimum Gasteiger partial charge on any atom is -1.00 e. The van der Waals surface area contributed by atoms with E-state index in [2.05, 4.69) is 11.5 Å². The van der Waals surface area contributed by atoms with Crippen molar-refractivity contribution in [1.29, 1.82) is 0 Å². The van der Waals surface area contributed by atoms with Crippen molar-refractivity contribution >= 4 is 5.97 Å². The molecule has 1 N–H and O–H groups in total. The maximum atomic E-state index is 10.9. The number of quaternary nitrogens is 1. The van der Waals surface area contributed by atoms with Crippen molar-refractivity contribution in [3.63, 3.8) is 0 Å². The summed E-state index contributed by atoms with van der Waals surface area (Å²) in [5, 5.41) is 8.95. The van der Waals surface area contributed by atoms with E-state index in [4.69, 9.17) is 9.99 Å². The highest BCUT2D eigenvalue weighted by atomic mass is 35.5. The fourth-order valence-electron chi connectivity index (χ4n) is 0.789. The molecule has 0 spiro atoms. The fraction of sp³-hybridized carbons (Fsp3) is 0.700. The first-order chi connectivity index (χ1) is 6.89. The molecule has 0 atom stereocenters. The van der Waals surface area contributed by atoms with Crippen LogP contribution in [0.25, 0.3) is 0 Å². The average molecular weight is 254 g/mol. The molecular weight excluding hydrogens is 234 g/mol. The number of nitrogens with zero attached hydrogens (tertiary/aromatic N) is 1. The van der Waals surface area contributed by atoms with E-state index in [1.165, 1.54) is 0 Å². The van der Waals surface area contributed by atoms with Gasteiger partial charge in [-0.2, -0.15) is 4.89 Å². The first-order valence-electron chi connectivity index (χ1n) is 4.81. The molecule has 0 unspecified atom stereocenters. The number of rotatable bonds is 7. The topological polar surface area (TPSA) is 55.8 Å². The van der Waals surface area contributed by atoms with Crippen LogP contribution in [0.3, 0.4) is 0 Å². The molecular formula is C10H20ClNO4. The predicted molar refractivity (Wildman–Crippen MR) is 55.5 cm³/mol. The highest BCUT2D eigenvalue weighted by Crippen LogP contribution is 1.98. The molecule has 0 aliphatic carbocycles. The van der Waals surface area contributed by atoms with Gasteiger partial charge in [-0.05, 0) is 6.92 Å². The number of halogens is 1. The summed E-state index contributed by atoms with van der Waals surface area (Å²) >= 11 is 0. The Kier molecular flexibility index (Phi) is 9.46. The highest BCUT2D eigenvalue weighted by molar-refractivity contribution is 5.86. The molecule has 0 radical (unpaired) electrons. The fourth-order valence-corrected chi connectivity index (χ4v) is 0.789. The second-order valence-corrected chi connectivity index (χ2v) is 4.13. The van der Waals surface area contributed by atoms with E-state index < -0.39 is 5.97 Å². The Morgan fingerprint density at radius 3 is 2.44 bits per heavy atom. The van der Waals surface area contributed by atoms with Gasteiger partial charge in [0.1, 0.15) is 0 Å². The van der Waals surface area contributed by atoms with E-state index in [9.17, 15) is 4.79 Å². The monoisotopic (exact) mass is 253 g/mol. The molecule has 0 rings (SSSR count). The van der Waals surface area contributed by atoms with Crippen molar-refractivity contribution in [2.24, 2.45) is 0 Å². The van der Waals surface area contributed by atoms with Gasteiger partial charge in [-0.3, -0.25) is 4.89 Å². The van der Waals surface area contributed by atoms with E-state index in [1.54, 1.807) is 6.92 Å². The number of aliphatic hydroxyl groups is 1. The van der Waals surface area contributed by atoms with Gasteiger partial charge in [0.2, 0.25) is 0 Å². The number of carbonyl (C=O) groups is 1. The molecule has 0 bridgehead atoms. The van der Waals surface area contributed by atoms with Crippen LogP contribution in [0.1, 0.15) is 13.3 Å². The lowest BCUT2D eigenvalue weighted by Gasteiger charge is -2.26. The van der Waals surface area contributed by atoms with Crippen LogP contribution in [-0.2, 0) is 14.6 Å². The van der Waals surface area contributed by atoms with Crippen LogP contribution < -0.4 is 12.4 Å². The molecule has 5 nitrogen and oxygen atoms in total. The molecule has 0 heterocycles. The van der Waals surface area contributed by atoms with Crippen molar-refractivity contribution in [3.05, 3.63) is 12.2 Å². The molecule has 0 aromatic carbocycles. The lowest BCUT2D eigenvalue weighted by Crippen LogP contribution is -3.00. The van der Waals surface area contributed by atoms with Crippen molar-refractivity contribution in [1.82, 2.24) is 0 Å². The Morgan fingerprint density at radius 2 is 2.00 bits per heavy atom. The van der Waals surface area contributed by atoms with Gasteiger partial charge in [0.25, 0.3) is 0 Å². The van der Waals surface area contributed by atoms with Crippen LogP contribution in [0.2, 0.25) is 0 Å². The Labute approximate surface area is 103 Å². The van der Waals surface area contributed by atoms with Gasteiger partial charge in [-0.1, -0.05) is 6.58 Å². The minimum absolute atomic E-state index is 0. The van der Waals surface area contributed by atoms with Gasteiger partial charge in [0.15, 0.2) is 6.73 Å². The maximum Gasteiger partial charge on any atom is 0.368 e. The molecule has 0 saturated carbocycles. The average Bonchev–Trinajstić information content (AvgIpc) is 2.16. The molecule has 6 heteroatoms. The smallest absolute Gasteiger partial charge is 0.368 e. The van der Waals surface area contributed by atoms with Gasteiger partial charge in [0, 0.05) is 12.0 Å². The molecule has 0 aliphatic rings. The first kappa shape index (κ1) is 17.8. The zero-order chi connectivity index (χ0) is 11.9. The molecule has 96 valence electrons. The van der Waals surface area contributed by atoms with Gasteiger partial charge in [0.05, 0.1) is 27.2 Å². The number of aliphatic hydroxyl groups excluding tert-OH is 1. The van der Waals surface area contributed by atoms with Crippen molar-refractivity contribution in [3.8, 4) is 0 Å². The van der Waals surface area contributed by atoms with E-state index in [0.717, 1.165) is 6.54 Å². The molecule has 0 amide bonds. The lowest BCUT2D eigenvalue weighted by molar-refractivity contribution is -0.909. The predicted octanol–water partition coefficient (Wildman–Crippen LogP) is -2.54. The van der Waals surface area contributed by atoms with Crippen molar-refractivity contribution in [2.75, 3.05) is 34.0 Å². The number of hydrogen-bond acceptors (Lipinski definition) is 4. The summed E-state index contributed by atoms with van der Waals surface area (Å²) in [6.07, 6.45) is 0.705. The van der Waals surface area contributed by atoms with E-state index >= 15 is 0 Å². The van der Waals surface area contributed by atoms with Crippen LogP contribution >= 0.6 is 0 Å². The van der Waals surface area contributed by atoms with Crippen LogP contribution in [0, 0.1) is 0 Å². The van der Waals surface area contributed by atoms with Gasteiger partial charge >= 0.3 is 5.97 Å². The van der Waals surface area contributed by atoms with Crippen molar-refractivity contribution in [2.45, 2.75) is 13.3 Å². The summed E-state index contributed by atoms with van der Waals surface area (Å²) in [5.74, 6) is -0.550. The zero-order valence-electron chi connectivity index (χ0n) is 10.0. The third-order valence-electron chi connectivity index (χ3n) is 1.86. The minimum atomic E-state index is -0.550. The molecule has 0 aromatic heterocycles. The lowest BCUT2D eigenvalue weighted by atomic mass is 10.4. The largest absolute Gasteiger partial charge is 1.00 e. The second-order valence-electron chi connectivity index (χ2n) is 4.13. The Balaban J connectivity index is 0. The number of hydrogen-bond donors (Lipinski definition) is 1. The van der Waals surface area contributed by atoms with Crippen LogP contribution in [0.5, 0.6) is 0 Å². The van der Waals surface area contributed by atoms with E-state index in [-0.39, 0.29) is 19.1 Å². The molecule has 0 fully saturated rings. The van der Waals surface area contributed by atoms with Gasteiger partial charge in [-0.15, -0.1) is 0 Å². The Hall–Kier alpha value is -0.620. The van der Waals surface area contributed by atoms with Crippen LogP contribution in [0.4, 0.5) is 0 Å². The summed E-state index contributed by atoms with van der Waals surface area (Å²) in [4.78, 5) is 20.0. The highest BCUT2D eigenvalue weighted by Gasteiger charge is 2.12. The van der Waals surface area contributed by atoms with Gasteiger partial charge < -0.3 is 22.0 Å². The van der Waals surface area contributed by atoms with E-state index in [1.807, 2.05) is 14.1 Å². The molecule has 0 saturated heterocycles. The third kappa shape index (κ3) is 8.67. The molecule has 0 aromatic rings. The van der Waals surface area contributed by atoms with Crippen LogP contribution in [0.15, 0.2) is 12.2 Å². The van der Waals surface area contributed by atoms with E-state index in [0.29, 0.717) is 23.1 Å². The first-order valence-corrected chi connectivity index (χ1v) is 4.81. The molecule has 16 heavy (non-hydrogen) atoms. The maximum absolute atomic E-state index is 10.9. The Morgan fingerprint density at radius 1 is 1.44 bits per heavy atom. The zero-order valence-corrected chi connectivity index (χ0v) is 10.8. The van der Waals surface area contributed by atoms with Gasteiger partial charge in [-0.25, -0.2) is 4.79 Å². The van der Waals surface area contributed by atoms with Crippen LogP contribution in [-0.4, -0.2) is 49.5 Å². The quantitative estimate of drug-likeness (QED) is 0.136. The number of carbonyl (C=O) groups excluding carboxylic acids is 1. The molecule has 0 aliphatic heterocycles.